The maximum absolute atomic E-state index is 11.3. The molecule has 1 aromatic carbocycles. The second-order valence-electron chi connectivity index (χ2n) is 4.05. The van der Waals surface area contributed by atoms with Crippen molar-refractivity contribution in [2.24, 2.45) is 0 Å². The minimum absolute atomic E-state index is 0.0111. The molecule has 5 heteroatoms. The van der Waals surface area contributed by atoms with Crippen LogP contribution in [0.2, 0.25) is 0 Å². The highest BCUT2D eigenvalue weighted by molar-refractivity contribution is 5.95. The van der Waals surface area contributed by atoms with Gasteiger partial charge >= 0.3 is 0 Å². The Labute approximate surface area is 110 Å². The molecule has 0 unspecified atom stereocenters. The Kier molecular flexibility index (Phi) is 3.53. The molecule has 0 atom stereocenters. The average molecular weight is 252 g/mol. The number of hydrogen-bond acceptors (Lipinski definition) is 5. The van der Waals surface area contributed by atoms with Gasteiger partial charge in [-0.2, -0.15) is 5.26 Å². The van der Waals surface area contributed by atoms with Crippen LogP contribution in [0.1, 0.15) is 28.7 Å². The molecule has 0 fully saturated rings. The van der Waals surface area contributed by atoms with Crippen LogP contribution in [0.15, 0.2) is 30.5 Å². The lowest BCUT2D eigenvalue weighted by Gasteiger charge is -2.08. The number of carbonyl (C=O) groups is 1. The molecule has 0 amide bonds. The first-order valence-electron chi connectivity index (χ1n) is 5.72. The molecule has 0 saturated heterocycles. The van der Waals surface area contributed by atoms with Crippen molar-refractivity contribution in [2.45, 2.75) is 13.8 Å². The van der Waals surface area contributed by atoms with Gasteiger partial charge in [-0.05, 0) is 26.0 Å². The maximum atomic E-state index is 11.3. The molecule has 0 aliphatic carbocycles. The van der Waals surface area contributed by atoms with Gasteiger partial charge in [0, 0.05) is 11.3 Å². The van der Waals surface area contributed by atoms with E-state index in [0.717, 1.165) is 0 Å². The average Bonchev–Trinajstić information content (AvgIpc) is 2.39. The largest absolute Gasteiger partial charge is 0.339 e. The number of ketones is 1. The van der Waals surface area contributed by atoms with Crippen molar-refractivity contribution in [3.05, 3.63) is 47.4 Å². The molecule has 0 radical (unpaired) electrons. The number of Topliss-reactive ketones (excluding diaryl/α,β-unsaturated/α-hetero) is 1. The van der Waals surface area contributed by atoms with Gasteiger partial charge in [0.05, 0.1) is 6.20 Å². The Morgan fingerprint density at radius 1 is 1.42 bits per heavy atom. The SMILES string of the molecule is CC(=O)c1cccc(Nc2nc(C)ncc2C#N)c1. The van der Waals surface area contributed by atoms with Crippen LogP contribution in [0.5, 0.6) is 0 Å². The number of hydrogen-bond donors (Lipinski definition) is 1. The fourth-order valence-corrected chi connectivity index (χ4v) is 1.60. The first-order chi connectivity index (χ1) is 9.10. The van der Waals surface area contributed by atoms with Gasteiger partial charge in [-0.3, -0.25) is 4.79 Å². The third-order valence-electron chi connectivity index (χ3n) is 2.56. The molecule has 5 nitrogen and oxygen atoms in total. The standard InChI is InChI=1S/C14H12N4O/c1-9(19)11-4-3-5-13(6-11)18-14-12(7-15)8-16-10(2)17-14/h3-6,8H,1-2H3,(H,16,17,18). The molecule has 1 N–H and O–H groups in total. The van der Waals surface area contributed by atoms with E-state index in [0.29, 0.717) is 28.5 Å². The Balaban J connectivity index is 2.36. The molecule has 1 heterocycles. The summed E-state index contributed by atoms with van der Waals surface area (Å²) in [4.78, 5) is 19.5. The molecule has 0 aliphatic heterocycles. The van der Waals surface area contributed by atoms with Crippen molar-refractivity contribution in [2.75, 3.05) is 5.32 Å². The highest BCUT2D eigenvalue weighted by Crippen LogP contribution is 2.19. The minimum atomic E-state index is -0.0111. The summed E-state index contributed by atoms with van der Waals surface area (Å²) < 4.78 is 0. The number of aryl methyl sites for hydroxylation is 1. The van der Waals surface area contributed by atoms with Crippen LogP contribution in [0.4, 0.5) is 11.5 Å². The molecule has 0 bridgehead atoms. The minimum Gasteiger partial charge on any atom is -0.339 e. The number of benzene rings is 1. The van der Waals surface area contributed by atoms with Gasteiger partial charge in [0.15, 0.2) is 11.6 Å². The van der Waals surface area contributed by atoms with E-state index in [4.69, 9.17) is 5.26 Å². The molecule has 0 spiro atoms. The fraction of sp³-hybridized carbons (Fsp3) is 0.143. The Morgan fingerprint density at radius 3 is 2.89 bits per heavy atom. The maximum Gasteiger partial charge on any atom is 0.159 e. The number of nitriles is 1. The van der Waals surface area contributed by atoms with Gasteiger partial charge in [0.1, 0.15) is 17.5 Å². The van der Waals surface area contributed by atoms with E-state index in [9.17, 15) is 4.79 Å². The van der Waals surface area contributed by atoms with Crippen LogP contribution in [-0.2, 0) is 0 Å². The van der Waals surface area contributed by atoms with Crippen molar-refractivity contribution in [3.63, 3.8) is 0 Å². The van der Waals surface area contributed by atoms with Crippen molar-refractivity contribution in [3.8, 4) is 6.07 Å². The van der Waals surface area contributed by atoms with Gasteiger partial charge < -0.3 is 5.32 Å². The first kappa shape index (κ1) is 12.7. The quantitative estimate of drug-likeness (QED) is 0.849. The zero-order valence-corrected chi connectivity index (χ0v) is 10.6. The monoisotopic (exact) mass is 252 g/mol. The molecule has 94 valence electrons. The van der Waals surface area contributed by atoms with Gasteiger partial charge in [-0.25, -0.2) is 9.97 Å². The second-order valence-corrected chi connectivity index (χ2v) is 4.05. The van der Waals surface area contributed by atoms with E-state index in [1.165, 1.54) is 13.1 Å². The van der Waals surface area contributed by atoms with Crippen LogP contribution >= 0.6 is 0 Å². The lowest BCUT2D eigenvalue weighted by Crippen LogP contribution is -2.01. The molecular weight excluding hydrogens is 240 g/mol. The van der Waals surface area contributed by atoms with E-state index in [-0.39, 0.29) is 5.78 Å². The number of nitrogens with zero attached hydrogens (tertiary/aromatic N) is 3. The Bertz CT molecular complexity index is 673. The number of anilines is 2. The van der Waals surface area contributed by atoms with Crippen LogP contribution in [0.3, 0.4) is 0 Å². The molecule has 2 aromatic rings. The number of carbonyl (C=O) groups excluding carboxylic acids is 1. The van der Waals surface area contributed by atoms with Gasteiger partial charge in [0.2, 0.25) is 0 Å². The molecule has 1 aromatic heterocycles. The van der Waals surface area contributed by atoms with E-state index >= 15 is 0 Å². The topological polar surface area (TPSA) is 78.7 Å². The highest BCUT2D eigenvalue weighted by atomic mass is 16.1. The zero-order valence-electron chi connectivity index (χ0n) is 10.6. The van der Waals surface area contributed by atoms with Gasteiger partial charge in [0.25, 0.3) is 0 Å². The van der Waals surface area contributed by atoms with Crippen molar-refractivity contribution >= 4 is 17.3 Å². The number of nitrogens with one attached hydrogen (secondary N) is 1. The smallest absolute Gasteiger partial charge is 0.159 e. The summed E-state index contributed by atoms with van der Waals surface area (Å²) in [6, 6.07) is 9.08. The normalized spacial score (nSPS) is 9.74. The predicted octanol–water partition coefficient (Wildman–Crippen LogP) is 2.60. The van der Waals surface area contributed by atoms with Gasteiger partial charge in [-0.15, -0.1) is 0 Å². The summed E-state index contributed by atoms with van der Waals surface area (Å²) in [7, 11) is 0. The highest BCUT2D eigenvalue weighted by Gasteiger charge is 2.06. The lowest BCUT2D eigenvalue weighted by molar-refractivity contribution is 0.101. The summed E-state index contributed by atoms with van der Waals surface area (Å²) in [5.74, 6) is 1.00. The summed E-state index contributed by atoms with van der Waals surface area (Å²) >= 11 is 0. The zero-order chi connectivity index (χ0) is 13.8. The third-order valence-corrected chi connectivity index (χ3v) is 2.56. The Morgan fingerprint density at radius 2 is 2.21 bits per heavy atom. The van der Waals surface area contributed by atoms with Crippen LogP contribution in [0, 0.1) is 18.3 Å². The van der Waals surface area contributed by atoms with E-state index < -0.39 is 0 Å². The third kappa shape index (κ3) is 2.93. The summed E-state index contributed by atoms with van der Waals surface area (Å²) in [6.07, 6.45) is 1.47. The predicted molar refractivity (Wildman–Crippen MR) is 71.2 cm³/mol. The van der Waals surface area contributed by atoms with E-state index in [2.05, 4.69) is 15.3 Å². The summed E-state index contributed by atoms with van der Waals surface area (Å²) in [5.41, 5.74) is 1.68. The molecular formula is C14H12N4O. The number of rotatable bonds is 3. The van der Waals surface area contributed by atoms with Crippen molar-refractivity contribution < 1.29 is 4.79 Å². The molecule has 2 rings (SSSR count). The second kappa shape index (κ2) is 5.27. The number of aromatic nitrogens is 2. The summed E-state index contributed by atoms with van der Waals surface area (Å²) in [6.45, 7) is 3.26. The molecule has 0 aliphatic rings. The van der Waals surface area contributed by atoms with E-state index in [1.807, 2.05) is 12.1 Å². The van der Waals surface area contributed by atoms with Crippen LogP contribution < -0.4 is 5.32 Å². The Hall–Kier alpha value is -2.74. The van der Waals surface area contributed by atoms with Crippen LogP contribution in [0.25, 0.3) is 0 Å². The summed E-state index contributed by atoms with van der Waals surface area (Å²) in [5, 5.41) is 12.0. The van der Waals surface area contributed by atoms with Crippen molar-refractivity contribution in [1.82, 2.24) is 9.97 Å². The van der Waals surface area contributed by atoms with E-state index in [1.54, 1.807) is 25.1 Å². The molecule has 0 saturated carbocycles. The fourth-order valence-electron chi connectivity index (χ4n) is 1.60. The lowest BCUT2D eigenvalue weighted by atomic mass is 10.1. The molecule has 19 heavy (non-hydrogen) atoms. The van der Waals surface area contributed by atoms with Crippen LogP contribution in [-0.4, -0.2) is 15.8 Å². The first-order valence-corrected chi connectivity index (χ1v) is 5.72. The van der Waals surface area contributed by atoms with Crippen molar-refractivity contribution in [1.29, 1.82) is 5.26 Å². The van der Waals surface area contributed by atoms with Gasteiger partial charge in [-0.1, -0.05) is 12.1 Å².